The first kappa shape index (κ1) is 13.5. The van der Waals surface area contributed by atoms with Crippen LogP contribution < -0.4 is 0 Å². The van der Waals surface area contributed by atoms with Crippen LogP contribution in [-0.2, 0) is 11.3 Å². The molecule has 0 spiro atoms. The highest BCUT2D eigenvalue weighted by Gasteiger charge is 2.28. The Morgan fingerprint density at radius 3 is 2.95 bits per heavy atom. The fourth-order valence-corrected chi connectivity index (χ4v) is 3.09. The van der Waals surface area contributed by atoms with Gasteiger partial charge in [-0.2, -0.15) is 5.10 Å². The summed E-state index contributed by atoms with van der Waals surface area (Å²) in [6.45, 7) is 3.91. The second kappa shape index (κ2) is 5.89. The molecule has 2 atom stereocenters. The molecule has 1 aliphatic rings. The molecule has 4 nitrogen and oxygen atoms in total. The minimum Gasteiger partial charge on any atom is -0.378 e. The molecule has 1 saturated heterocycles. The van der Waals surface area contributed by atoms with E-state index in [1.165, 1.54) is 0 Å². The van der Waals surface area contributed by atoms with Crippen LogP contribution in [0.25, 0.3) is 11.4 Å². The van der Waals surface area contributed by atoms with Crippen molar-refractivity contribution < 1.29 is 4.74 Å². The normalized spacial score (nSPS) is 22.2. The van der Waals surface area contributed by atoms with Gasteiger partial charge < -0.3 is 4.74 Å². The fraction of sp³-hybridized carbons (Fsp3) is 0.467. The lowest BCUT2D eigenvalue weighted by Gasteiger charge is -2.18. The number of rotatable bonds is 4. The molecule has 2 heterocycles. The van der Waals surface area contributed by atoms with Gasteiger partial charge in [-0.1, -0.05) is 37.3 Å². The van der Waals surface area contributed by atoms with Gasteiger partial charge in [0, 0.05) is 24.6 Å². The lowest BCUT2D eigenvalue weighted by molar-refractivity contribution is 0.0835. The van der Waals surface area contributed by atoms with Crippen molar-refractivity contribution in [2.45, 2.75) is 32.4 Å². The van der Waals surface area contributed by atoms with E-state index < -0.39 is 0 Å². The number of aromatic nitrogens is 3. The van der Waals surface area contributed by atoms with Crippen molar-refractivity contribution in [3.8, 4) is 11.4 Å². The van der Waals surface area contributed by atoms with Crippen LogP contribution in [0.2, 0.25) is 0 Å². The van der Waals surface area contributed by atoms with Crippen LogP contribution in [0.4, 0.5) is 0 Å². The van der Waals surface area contributed by atoms with Crippen molar-refractivity contribution in [3.63, 3.8) is 0 Å². The van der Waals surface area contributed by atoms with E-state index in [-0.39, 0.29) is 0 Å². The van der Waals surface area contributed by atoms with Crippen LogP contribution in [0, 0.1) is 10.7 Å². The van der Waals surface area contributed by atoms with E-state index in [1.807, 2.05) is 18.2 Å². The summed E-state index contributed by atoms with van der Waals surface area (Å²) in [6.07, 6.45) is 2.49. The van der Waals surface area contributed by atoms with Crippen molar-refractivity contribution >= 4 is 12.2 Å². The highest BCUT2D eigenvalue weighted by atomic mass is 32.1. The zero-order chi connectivity index (χ0) is 13.9. The minimum absolute atomic E-state index is 0.343. The molecule has 2 aromatic rings. The number of ether oxygens (including phenoxy) is 1. The standard InChI is InChI=1S/C15H19N3OS/c1-2-13-12(8-9-19-13)10-18-14(16-17-15(18)20)11-6-4-3-5-7-11/h3-7,12-13H,2,8-10H2,1H3,(H,17,20). The summed E-state index contributed by atoms with van der Waals surface area (Å²) in [5.74, 6) is 1.43. The summed E-state index contributed by atoms with van der Waals surface area (Å²) >= 11 is 5.39. The first-order valence-corrected chi connectivity index (χ1v) is 7.52. The third-order valence-electron chi connectivity index (χ3n) is 3.96. The highest BCUT2D eigenvalue weighted by Crippen LogP contribution is 2.27. The largest absolute Gasteiger partial charge is 0.378 e. The highest BCUT2D eigenvalue weighted by molar-refractivity contribution is 7.71. The molecule has 1 fully saturated rings. The van der Waals surface area contributed by atoms with Crippen LogP contribution in [0.15, 0.2) is 30.3 Å². The van der Waals surface area contributed by atoms with Crippen molar-refractivity contribution in [2.24, 2.45) is 5.92 Å². The maximum absolute atomic E-state index is 5.77. The van der Waals surface area contributed by atoms with Gasteiger partial charge in [0.2, 0.25) is 0 Å². The Kier molecular flexibility index (Phi) is 3.98. The van der Waals surface area contributed by atoms with Gasteiger partial charge in [0.1, 0.15) is 0 Å². The summed E-state index contributed by atoms with van der Waals surface area (Å²) < 4.78 is 8.56. The third kappa shape index (κ3) is 2.55. The number of benzene rings is 1. The third-order valence-corrected chi connectivity index (χ3v) is 4.27. The number of aromatic amines is 1. The molecule has 0 radical (unpaired) electrons. The zero-order valence-corrected chi connectivity index (χ0v) is 12.4. The molecule has 0 bridgehead atoms. The monoisotopic (exact) mass is 289 g/mol. The lowest BCUT2D eigenvalue weighted by atomic mass is 9.99. The number of nitrogens with zero attached hydrogens (tertiary/aromatic N) is 2. The first-order valence-electron chi connectivity index (χ1n) is 7.12. The summed E-state index contributed by atoms with van der Waals surface area (Å²) in [5, 5.41) is 7.30. The molecule has 1 N–H and O–H groups in total. The molecule has 0 saturated carbocycles. The fourth-order valence-electron chi connectivity index (χ4n) is 2.88. The van der Waals surface area contributed by atoms with Gasteiger partial charge in [0.25, 0.3) is 0 Å². The average Bonchev–Trinajstić information content (AvgIpc) is 3.08. The number of hydrogen-bond donors (Lipinski definition) is 1. The Bertz CT molecular complexity index is 620. The van der Waals surface area contributed by atoms with Crippen LogP contribution in [0.5, 0.6) is 0 Å². The van der Waals surface area contributed by atoms with Crippen LogP contribution in [-0.4, -0.2) is 27.5 Å². The predicted octanol–water partition coefficient (Wildman–Crippen LogP) is 3.42. The van der Waals surface area contributed by atoms with Gasteiger partial charge in [0.05, 0.1) is 6.10 Å². The summed E-state index contributed by atoms with van der Waals surface area (Å²) in [7, 11) is 0. The molecular weight excluding hydrogens is 270 g/mol. The second-order valence-corrected chi connectivity index (χ2v) is 5.58. The molecule has 1 aromatic heterocycles. The molecule has 1 aromatic carbocycles. The van der Waals surface area contributed by atoms with Crippen molar-refractivity contribution in [3.05, 3.63) is 35.1 Å². The molecule has 2 unspecified atom stereocenters. The van der Waals surface area contributed by atoms with E-state index in [4.69, 9.17) is 17.0 Å². The molecule has 5 heteroatoms. The smallest absolute Gasteiger partial charge is 0.195 e. The van der Waals surface area contributed by atoms with Gasteiger partial charge >= 0.3 is 0 Å². The van der Waals surface area contributed by atoms with Gasteiger partial charge in [-0.25, -0.2) is 0 Å². The molecule has 0 aliphatic carbocycles. The Morgan fingerprint density at radius 1 is 1.40 bits per heavy atom. The van der Waals surface area contributed by atoms with E-state index in [2.05, 4.69) is 33.8 Å². The Labute approximate surface area is 123 Å². The van der Waals surface area contributed by atoms with Crippen molar-refractivity contribution in [1.29, 1.82) is 0 Å². The molecular formula is C15H19N3OS. The number of nitrogens with one attached hydrogen (secondary N) is 1. The van der Waals surface area contributed by atoms with Gasteiger partial charge in [0.15, 0.2) is 10.6 Å². The quantitative estimate of drug-likeness (QED) is 0.877. The van der Waals surface area contributed by atoms with Crippen LogP contribution >= 0.6 is 12.2 Å². The van der Waals surface area contributed by atoms with E-state index >= 15 is 0 Å². The van der Waals surface area contributed by atoms with Crippen LogP contribution in [0.1, 0.15) is 19.8 Å². The van der Waals surface area contributed by atoms with Crippen LogP contribution in [0.3, 0.4) is 0 Å². The Hall–Kier alpha value is -1.46. The number of H-pyrrole nitrogens is 1. The molecule has 0 amide bonds. The van der Waals surface area contributed by atoms with Gasteiger partial charge in [-0.15, -0.1) is 0 Å². The van der Waals surface area contributed by atoms with Crippen molar-refractivity contribution in [1.82, 2.24) is 14.8 Å². The van der Waals surface area contributed by atoms with E-state index in [0.717, 1.165) is 37.4 Å². The predicted molar refractivity (Wildman–Crippen MR) is 81.0 cm³/mol. The maximum Gasteiger partial charge on any atom is 0.195 e. The summed E-state index contributed by atoms with van der Waals surface area (Å²) in [6, 6.07) is 10.2. The summed E-state index contributed by atoms with van der Waals surface area (Å²) in [4.78, 5) is 0. The first-order chi connectivity index (χ1) is 9.79. The summed E-state index contributed by atoms with van der Waals surface area (Å²) in [5.41, 5.74) is 1.09. The van der Waals surface area contributed by atoms with E-state index in [0.29, 0.717) is 16.8 Å². The maximum atomic E-state index is 5.77. The van der Waals surface area contributed by atoms with Gasteiger partial charge in [-0.3, -0.25) is 9.67 Å². The number of hydrogen-bond acceptors (Lipinski definition) is 3. The SMILES string of the molecule is CCC1OCCC1Cn1c(-c2ccccc2)n[nH]c1=S. The lowest BCUT2D eigenvalue weighted by Crippen LogP contribution is -2.20. The van der Waals surface area contributed by atoms with Crippen molar-refractivity contribution in [2.75, 3.05) is 6.61 Å². The molecule has 1 aliphatic heterocycles. The molecule has 106 valence electrons. The zero-order valence-electron chi connectivity index (χ0n) is 11.6. The Morgan fingerprint density at radius 2 is 2.20 bits per heavy atom. The van der Waals surface area contributed by atoms with Gasteiger partial charge in [-0.05, 0) is 25.1 Å². The second-order valence-electron chi connectivity index (χ2n) is 5.20. The molecule has 20 heavy (non-hydrogen) atoms. The average molecular weight is 289 g/mol. The van der Waals surface area contributed by atoms with E-state index in [1.54, 1.807) is 0 Å². The van der Waals surface area contributed by atoms with E-state index in [9.17, 15) is 0 Å². The minimum atomic E-state index is 0.343. The Balaban J connectivity index is 1.90. The topological polar surface area (TPSA) is 42.8 Å². The molecule has 3 rings (SSSR count).